The largest absolute Gasteiger partial charge is 0.478 e. The lowest BCUT2D eigenvalue weighted by Crippen LogP contribution is -2.07. The zero-order valence-corrected chi connectivity index (χ0v) is 15.2. The first-order chi connectivity index (χ1) is 13.7. The molecule has 2 aromatic carbocycles. The summed E-state index contributed by atoms with van der Waals surface area (Å²) in [5, 5.41) is 0. The SMILES string of the molecule is CCOc1cc(-c2ccc(C3COC(c4c(F)cccc4F)=N3)cc2)ccn1. The third kappa shape index (κ3) is 3.58. The van der Waals surface area contributed by atoms with E-state index < -0.39 is 11.6 Å². The van der Waals surface area contributed by atoms with Crippen LogP contribution in [0.3, 0.4) is 0 Å². The van der Waals surface area contributed by atoms with E-state index in [0.29, 0.717) is 12.5 Å². The van der Waals surface area contributed by atoms with E-state index in [-0.39, 0.29) is 24.1 Å². The van der Waals surface area contributed by atoms with Gasteiger partial charge in [-0.2, -0.15) is 0 Å². The first kappa shape index (κ1) is 18.1. The predicted molar refractivity (Wildman–Crippen MR) is 102 cm³/mol. The molecule has 4 nitrogen and oxygen atoms in total. The maximum atomic E-state index is 13.9. The molecule has 0 fully saturated rings. The molecule has 0 saturated carbocycles. The van der Waals surface area contributed by atoms with Crippen molar-refractivity contribution in [3.05, 3.63) is 83.6 Å². The number of pyridine rings is 1. The van der Waals surface area contributed by atoms with Crippen LogP contribution in [0.1, 0.15) is 24.1 Å². The number of rotatable bonds is 5. The van der Waals surface area contributed by atoms with E-state index in [1.807, 2.05) is 43.3 Å². The Morgan fingerprint density at radius 3 is 2.50 bits per heavy atom. The van der Waals surface area contributed by atoms with Crippen molar-refractivity contribution in [2.24, 2.45) is 4.99 Å². The number of hydrogen-bond donors (Lipinski definition) is 0. The van der Waals surface area contributed by atoms with Crippen LogP contribution in [0.15, 0.2) is 65.8 Å². The standard InChI is InChI=1S/C22H18F2N2O2/c1-2-27-20-12-16(10-11-25-20)14-6-8-15(9-7-14)19-13-28-22(26-19)21-17(23)4-3-5-18(21)24/h3-12,19H,2,13H2,1H3. The molecular weight excluding hydrogens is 362 g/mol. The number of nitrogens with zero attached hydrogens (tertiary/aromatic N) is 2. The summed E-state index contributed by atoms with van der Waals surface area (Å²) in [6.45, 7) is 2.71. The van der Waals surface area contributed by atoms with Gasteiger partial charge in [0.1, 0.15) is 29.8 Å². The topological polar surface area (TPSA) is 43.7 Å². The molecule has 28 heavy (non-hydrogen) atoms. The van der Waals surface area contributed by atoms with Crippen LogP contribution in [0.4, 0.5) is 8.78 Å². The molecule has 6 heteroatoms. The van der Waals surface area contributed by atoms with Gasteiger partial charge in [0.2, 0.25) is 11.8 Å². The van der Waals surface area contributed by atoms with Crippen LogP contribution in [0, 0.1) is 11.6 Å². The van der Waals surface area contributed by atoms with E-state index in [9.17, 15) is 8.78 Å². The summed E-state index contributed by atoms with van der Waals surface area (Å²) in [6.07, 6.45) is 1.71. The molecule has 1 aliphatic rings. The molecule has 142 valence electrons. The minimum Gasteiger partial charge on any atom is -0.478 e. The number of halogens is 2. The fraction of sp³-hybridized carbons (Fsp3) is 0.182. The Kier molecular flexibility index (Phi) is 5.02. The monoisotopic (exact) mass is 380 g/mol. The molecule has 2 heterocycles. The molecule has 1 unspecified atom stereocenters. The minimum absolute atomic E-state index is 0.000154. The number of ether oxygens (including phenoxy) is 2. The quantitative estimate of drug-likeness (QED) is 0.629. The highest BCUT2D eigenvalue weighted by Gasteiger charge is 2.26. The summed E-state index contributed by atoms with van der Waals surface area (Å²) in [5.41, 5.74) is 2.69. The molecule has 0 spiro atoms. The van der Waals surface area contributed by atoms with E-state index >= 15 is 0 Å². The smallest absolute Gasteiger partial charge is 0.222 e. The van der Waals surface area contributed by atoms with Gasteiger partial charge in [-0.15, -0.1) is 0 Å². The number of hydrogen-bond acceptors (Lipinski definition) is 4. The van der Waals surface area contributed by atoms with Crippen molar-refractivity contribution in [2.45, 2.75) is 13.0 Å². The lowest BCUT2D eigenvalue weighted by Gasteiger charge is -2.08. The van der Waals surface area contributed by atoms with Gasteiger partial charge in [-0.25, -0.2) is 18.8 Å². The van der Waals surface area contributed by atoms with Gasteiger partial charge in [-0.1, -0.05) is 30.3 Å². The highest BCUT2D eigenvalue weighted by Crippen LogP contribution is 2.29. The van der Waals surface area contributed by atoms with E-state index in [0.717, 1.165) is 16.7 Å². The lowest BCUT2D eigenvalue weighted by molar-refractivity contribution is 0.317. The minimum atomic E-state index is -0.683. The molecule has 0 bridgehead atoms. The summed E-state index contributed by atoms with van der Waals surface area (Å²) >= 11 is 0. The van der Waals surface area contributed by atoms with Crippen LogP contribution in [0.2, 0.25) is 0 Å². The van der Waals surface area contributed by atoms with Crippen LogP contribution < -0.4 is 4.74 Å². The van der Waals surface area contributed by atoms with Crippen LogP contribution in [0.25, 0.3) is 11.1 Å². The van der Waals surface area contributed by atoms with E-state index in [2.05, 4.69) is 9.98 Å². The van der Waals surface area contributed by atoms with Crippen LogP contribution in [-0.4, -0.2) is 24.1 Å². The van der Waals surface area contributed by atoms with Crippen molar-refractivity contribution in [1.82, 2.24) is 4.98 Å². The summed E-state index contributed by atoms with van der Waals surface area (Å²) < 4.78 is 38.8. The van der Waals surface area contributed by atoms with Gasteiger partial charge in [0, 0.05) is 12.3 Å². The average Bonchev–Trinajstić information content (AvgIpc) is 3.18. The van der Waals surface area contributed by atoms with Crippen molar-refractivity contribution in [3.63, 3.8) is 0 Å². The van der Waals surface area contributed by atoms with Crippen LogP contribution >= 0.6 is 0 Å². The molecule has 0 saturated heterocycles. The van der Waals surface area contributed by atoms with Crippen molar-refractivity contribution in [2.75, 3.05) is 13.2 Å². The number of aromatic nitrogens is 1. The second kappa shape index (κ2) is 7.76. The summed E-state index contributed by atoms with van der Waals surface area (Å²) in [5.74, 6) is -0.787. The Morgan fingerprint density at radius 1 is 1.04 bits per heavy atom. The molecule has 0 N–H and O–H groups in total. The molecule has 0 amide bonds. The maximum absolute atomic E-state index is 13.9. The maximum Gasteiger partial charge on any atom is 0.222 e. The highest BCUT2D eigenvalue weighted by molar-refractivity contribution is 5.95. The van der Waals surface area contributed by atoms with Gasteiger partial charge in [0.25, 0.3) is 0 Å². The fourth-order valence-electron chi connectivity index (χ4n) is 3.10. The fourth-order valence-corrected chi connectivity index (χ4v) is 3.10. The van der Waals surface area contributed by atoms with E-state index in [4.69, 9.17) is 9.47 Å². The summed E-state index contributed by atoms with van der Waals surface area (Å²) in [7, 11) is 0. The molecule has 0 aliphatic carbocycles. The zero-order valence-electron chi connectivity index (χ0n) is 15.2. The predicted octanol–water partition coefficient (Wildman–Crippen LogP) is 4.94. The van der Waals surface area contributed by atoms with Crippen LogP contribution in [0.5, 0.6) is 5.88 Å². The Hall–Kier alpha value is -3.28. The third-order valence-electron chi connectivity index (χ3n) is 4.48. The van der Waals surface area contributed by atoms with Gasteiger partial charge >= 0.3 is 0 Å². The molecule has 1 aliphatic heterocycles. The normalized spacial score (nSPS) is 15.8. The summed E-state index contributed by atoms with van der Waals surface area (Å²) in [6, 6.07) is 15.0. The van der Waals surface area contributed by atoms with Gasteiger partial charge < -0.3 is 9.47 Å². The molecular formula is C22H18F2N2O2. The van der Waals surface area contributed by atoms with Gasteiger partial charge in [-0.05, 0) is 41.8 Å². The lowest BCUT2D eigenvalue weighted by atomic mass is 10.0. The second-order valence-corrected chi connectivity index (χ2v) is 6.30. The van der Waals surface area contributed by atoms with E-state index in [1.165, 1.54) is 18.2 Å². The van der Waals surface area contributed by atoms with Gasteiger partial charge in [0.05, 0.1) is 6.61 Å². The summed E-state index contributed by atoms with van der Waals surface area (Å²) in [4.78, 5) is 8.54. The Morgan fingerprint density at radius 2 is 1.79 bits per heavy atom. The van der Waals surface area contributed by atoms with Gasteiger partial charge in [-0.3, -0.25) is 0 Å². The molecule has 4 rings (SSSR count). The first-order valence-electron chi connectivity index (χ1n) is 9.00. The Balaban J connectivity index is 1.57. The number of benzene rings is 2. The zero-order chi connectivity index (χ0) is 19.5. The molecule has 1 atom stereocenters. The van der Waals surface area contributed by atoms with Crippen molar-refractivity contribution in [3.8, 4) is 17.0 Å². The number of aliphatic imine (C=N–C) groups is 1. The Labute approximate surface area is 161 Å². The van der Waals surface area contributed by atoms with Crippen molar-refractivity contribution >= 4 is 5.90 Å². The molecule has 0 radical (unpaired) electrons. The van der Waals surface area contributed by atoms with E-state index in [1.54, 1.807) is 6.20 Å². The second-order valence-electron chi connectivity index (χ2n) is 6.30. The molecule has 1 aromatic heterocycles. The Bertz CT molecular complexity index is 999. The first-order valence-corrected chi connectivity index (χ1v) is 9.00. The molecule has 3 aromatic rings. The van der Waals surface area contributed by atoms with Gasteiger partial charge in [0.15, 0.2) is 0 Å². The van der Waals surface area contributed by atoms with Crippen molar-refractivity contribution < 1.29 is 18.3 Å². The van der Waals surface area contributed by atoms with Crippen molar-refractivity contribution in [1.29, 1.82) is 0 Å². The highest BCUT2D eigenvalue weighted by atomic mass is 19.1. The third-order valence-corrected chi connectivity index (χ3v) is 4.48. The van der Waals surface area contributed by atoms with Crippen LogP contribution in [-0.2, 0) is 4.74 Å². The average molecular weight is 380 g/mol.